The summed E-state index contributed by atoms with van der Waals surface area (Å²) in [6.45, 7) is 3.31. The molecular weight excluding hydrogens is 417 g/mol. The van der Waals surface area contributed by atoms with Crippen LogP contribution >= 0.6 is 11.6 Å². The van der Waals surface area contributed by atoms with E-state index in [4.69, 9.17) is 16.3 Å². The number of fused-ring (bicyclic) bond motifs is 2. The van der Waals surface area contributed by atoms with Gasteiger partial charge in [-0.1, -0.05) is 23.7 Å². The average molecular weight is 438 g/mol. The molecule has 3 aliphatic rings. The Morgan fingerprint density at radius 1 is 1.32 bits per heavy atom. The summed E-state index contributed by atoms with van der Waals surface area (Å²) in [6, 6.07) is 7.09. The van der Waals surface area contributed by atoms with Gasteiger partial charge in [0.2, 0.25) is 0 Å². The van der Waals surface area contributed by atoms with E-state index < -0.39 is 0 Å². The van der Waals surface area contributed by atoms with Crippen molar-refractivity contribution < 1.29 is 13.9 Å². The van der Waals surface area contributed by atoms with Crippen molar-refractivity contribution in [3.63, 3.8) is 0 Å². The van der Waals surface area contributed by atoms with Crippen LogP contribution in [0.25, 0.3) is 11.1 Å². The van der Waals surface area contributed by atoms with Crippen molar-refractivity contribution in [3.05, 3.63) is 69.8 Å². The largest absolute Gasteiger partial charge is 0.483 e. The summed E-state index contributed by atoms with van der Waals surface area (Å²) in [7, 11) is 1.80. The summed E-state index contributed by atoms with van der Waals surface area (Å²) in [5, 5.41) is 4.60. The van der Waals surface area contributed by atoms with Crippen molar-refractivity contribution in [2.45, 2.75) is 25.4 Å². The number of carbonyl (C=O) groups is 1. The van der Waals surface area contributed by atoms with E-state index in [0.29, 0.717) is 40.8 Å². The third-order valence-electron chi connectivity index (χ3n) is 6.92. The molecule has 0 N–H and O–H groups in total. The van der Waals surface area contributed by atoms with E-state index >= 15 is 0 Å². The summed E-state index contributed by atoms with van der Waals surface area (Å²) in [5.41, 5.74) is 4.10. The summed E-state index contributed by atoms with van der Waals surface area (Å²) in [5.74, 6) is 0.601. The number of halogens is 2. The molecule has 1 spiro atoms. The van der Waals surface area contributed by atoms with Crippen LogP contribution in [0, 0.1) is 18.7 Å². The summed E-state index contributed by atoms with van der Waals surface area (Å²) in [6.07, 6.45) is 4.89. The Morgan fingerprint density at radius 2 is 2.16 bits per heavy atom. The molecule has 3 heterocycles. The third-order valence-corrected chi connectivity index (χ3v) is 7.37. The Kier molecular flexibility index (Phi) is 3.85. The first-order chi connectivity index (χ1) is 14.8. The Morgan fingerprint density at radius 3 is 2.90 bits per heavy atom. The van der Waals surface area contributed by atoms with E-state index in [9.17, 15) is 9.18 Å². The Hall–Kier alpha value is -2.86. The normalized spacial score (nSPS) is 23.3. The minimum atomic E-state index is -0.300. The molecular formula is C24H21ClFN3O2. The van der Waals surface area contributed by atoms with Crippen LogP contribution in [0.15, 0.2) is 36.7 Å². The molecule has 1 saturated heterocycles. The van der Waals surface area contributed by atoms with Gasteiger partial charge in [-0.25, -0.2) is 4.39 Å². The van der Waals surface area contributed by atoms with E-state index in [1.165, 1.54) is 0 Å². The second kappa shape index (κ2) is 6.33. The number of amides is 1. The van der Waals surface area contributed by atoms with E-state index in [0.717, 1.165) is 35.2 Å². The van der Waals surface area contributed by atoms with Gasteiger partial charge in [0.1, 0.15) is 11.4 Å². The monoisotopic (exact) mass is 437 g/mol. The first kappa shape index (κ1) is 18.9. The first-order valence-electron chi connectivity index (χ1n) is 10.4. The number of benzene rings is 2. The molecule has 1 amide bonds. The number of ether oxygens (including phenoxy) is 1. The number of aryl methyl sites for hydroxylation is 1. The van der Waals surface area contributed by atoms with Crippen LogP contribution in [0.3, 0.4) is 0 Å². The third kappa shape index (κ3) is 2.81. The highest BCUT2D eigenvalue weighted by atomic mass is 35.5. The van der Waals surface area contributed by atoms with Crippen molar-refractivity contribution in [1.82, 2.24) is 14.7 Å². The fourth-order valence-electron chi connectivity index (χ4n) is 5.02. The van der Waals surface area contributed by atoms with Gasteiger partial charge in [-0.2, -0.15) is 5.10 Å². The molecule has 2 bridgehead atoms. The van der Waals surface area contributed by atoms with Gasteiger partial charge < -0.3 is 9.64 Å². The highest BCUT2D eigenvalue weighted by molar-refractivity contribution is 6.33. The molecule has 1 unspecified atom stereocenters. The molecule has 6 rings (SSSR count). The minimum absolute atomic E-state index is 0.0275. The number of piperidine rings is 1. The van der Waals surface area contributed by atoms with Crippen LogP contribution in [0.1, 0.15) is 33.5 Å². The predicted molar refractivity (Wildman–Crippen MR) is 115 cm³/mol. The van der Waals surface area contributed by atoms with Crippen molar-refractivity contribution in [2.24, 2.45) is 13.0 Å². The Labute approximate surface area is 184 Å². The number of hydrogen-bond acceptors (Lipinski definition) is 3. The van der Waals surface area contributed by atoms with Crippen molar-refractivity contribution in [1.29, 1.82) is 0 Å². The molecule has 158 valence electrons. The zero-order chi connectivity index (χ0) is 21.5. The van der Waals surface area contributed by atoms with Gasteiger partial charge in [0.25, 0.3) is 5.91 Å². The quantitative estimate of drug-likeness (QED) is 0.610. The lowest BCUT2D eigenvalue weighted by atomic mass is 9.95. The topological polar surface area (TPSA) is 47.4 Å². The molecule has 5 nitrogen and oxygen atoms in total. The Bertz CT molecular complexity index is 1270. The first-order valence-corrected chi connectivity index (χ1v) is 10.8. The lowest BCUT2D eigenvalue weighted by Crippen LogP contribution is -2.32. The van der Waals surface area contributed by atoms with Crippen molar-refractivity contribution in [2.75, 3.05) is 13.1 Å². The fourth-order valence-corrected chi connectivity index (χ4v) is 5.29. The molecule has 1 aromatic heterocycles. The number of aromatic nitrogens is 2. The smallest absolute Gasteiger partial charge is 0.257 e. The van der Waals surface area contributed by atoms with Gasteiger partial charge in [0.05, 0.1) is 23.3 Å². The zero-order valence-electron chi connectivity index (χ0n) is 17.3. The van der Waals surface area contributed by atoms with Gasteiger partial charge in [0, 0.05) is 36.8 Å². The maximum absolute atomic E-state index is 14.8. The van der Waals surface area contributed by atoms with E-state index in [1.807, 2.05) is 24.0 Å². The number of rotatable bonds is 3. The van der Waals surface area contributed by atoms with Crippen molar-refractivity contribution in [3.8, 4) is 16.9 Å². The number of carbonyl (C=O) groups excluding carboxylic acids is 1. The molecule has 2 atom stereocenters. The number of hydrogen-bond donors (Lipinski definition) is 0. The molecule has 0 radical (unpaired) electrons. The van der Waals surface area contributed by atoms with Crippen molar-refractivity contribution >= 4 is 17.5 Å². The van der Waals surface area contributed by atoms with Crippen LogP contribution in [0.5, 0.6) is 5.75 Å². The second-order valence-electron chi connectivity index (χ2n) is 9.00. The van der Waals surface area contributed by atoms with E-state index in [2.05, 4.69) is 5.10 Å². The van der Waals surface area contributed by atoms with Crippen LogP contribution < -0.4 is 4.74 Å². The summed E-state index contributed by atoms with van der Waals surface area (Å²) >= 11 is 6.70. The van der Waals surface area contributed by atoms with E-state index in [-0.39, 0.29) is 17.3 Å². The molecule has 2 fully saturated rings. The van der Waals surface area contributed by atoms with Gasteiger partial charge in [0.15, 0.2) is 5.75 Å². The molecule has 31 heavy (non-hydrogen) atoms. The molecule has 1 saturated carbocycles. The lowest BCUT2D eigenvalue weighted by molar-refractivity contribution is 0.0765. The molecule has 3 aromatic rings. The predicted octanol–water partition coefficient (Wildman–Crippen LogP) is 4.39. The zero-order valence-corrected chi connectivity index (χ0v) is 18.0. The molecule has 7 heteroatoms. The van der Waals surface area contributed by atoms with E-state index in [1.54, 1.807) is 36.3 Å². The van der Waals surface area contributed by atoms with Crippen LogP contribution in [0.4, 0.5) is 4.39 Å². The average Bonchev–Trinajstić information content (AvgIpc) is 3.05. The Balaban J connectivity index is 1.36. The molecule has 1 aliphatic carbocycles. The lowest BCUT2D eigenvalue weighted by Gasteiger charge is -2.19. The highest BCUT2D eigenvalue weighted by Crippen LogP contribution is 2.56. The van der Waals surface area contributed by atoms with Crippen LogP contribution in [-0.4, -0.2) is 39.3 Å². The fraction of sp³-hybridized carbons (Fsp3) is 0.333. The standard InChI is InChI=1S/C24H21ClFN3O2/c1-13-15(5-14-3-4-18(20(26)6-14)16-9-27-28(2)10-16)7-19-22(21(13)25)31-24-8-17(24)11-29(12-24)23(19)30/h3-4,6-7,9-10,17H,5,8,11-12H2,1-2H3/t17?,24-/m1/s1. The molecule has 2 aromatic carbocycles. The second-order valence-corrected chi connectivity index (χ2v) is 9.38. The maximum atomic E-state index is 14.8. The SMILES string of the molecule is Cc1c(Cc2ccc(-c3cnn(C)c3)c(F)c2)cc2c(c1Cl)O[C@@]13CC1CN(C3)C2=O. The van der Waals surface area contributed by atoms with Gasteiger partial charge in [-0.15, -0.1) is 0 Å². The van der Waals surface area contributed by atoms with Gasteiger partial charge >= 0.3 is 0 Å². The summed E-state index contributed by atoms with van der Waals surface area (Å²) < 4.78 is 22.8. The number of nitrogens with zero attached hydrogens (tertiary/aromatic N) is 3. The minimum Gasteiger partial charge on any atom is -0.483 e. The van der Waals surface area contributed by atoms with Gasteiger partial charge in [-0.3, -0.25) is 9.48 Å². The van der Waals surface area contributed by atoms with Crippen LogP contribution in [0.2, 0.25) is 5.02 Å². The highest BCUT2D eigenvalue weighted by Gasteiger charge is 2.65. The van der Waals surface area contributed by atoms with Crippen LogP contribution in [-0.2, 0) is 13.5 Å². The van der Waals surface area contributed by atoms with Gasteiger partial charge in [-0.05, 0) is 48.6 Å². The molecule has 2 aliphatic heterocycles. The summed E-state index contributed by atoms with van der Waals surface area (Å²) in [4.78, 5) is 15.0. The maximum Gasteiger partial charge on any atom is 0.257 e.